The third-order valence-electron chi connectivity index (χ3n) is 5.37. The fourth-order valence-electron chi connectivity index (χ4n) is 3.63. The molecule has 5 aromatic carbocycles. The van der Waals surface area contributed by atoms with Crippen LogP contribution in [0, 0.1) is 0 Å². The van der Waals surface area contributed by atoms with Gasteiger partial charge in [-0.05, 0) is 94.3 Å². The second-order valence-electron chi connectivity index (χ2n) is 7.74. The maximum Gasteiger partial charge on any atom is 0.343 e. The van der Waals surface area contributed by atoms with Crippen molar-refractivity contribution < 1.29 is 29.3 Å². The third-order valence-corrected chi connectivity index (χ3v) is 5.37. The minimum atomic E-state index is -0.575. The molecule has 0 saturated carbocycles. The van der Waals surface area contributed by atoms with Crippen molar-refractivity contribution >= 4 is 33.5 Å². The third kappa shape index (κ3) is 4.38. The molecule has 5 aromatic rings. The fourth-order valence-corrected chi connectivity index (χ4v) is 3.63. The number of esters is 2. The Bertz CT molecular complexity index is 1440. The molecule has 6 nitrogen and oxygen atoms in total. The van der Waals surface area contributed by atoms with Crippen LogP contribution in [0.4, 0.5) is 0 Å². The van der Waals surface area contributed by atoms with Crippen molar-refractivity contribution in [1.29, 1.82) is 0 Å². The van der Waals surface area contributed by atoms with Crippen molar-refractivity contribution in [3.63, 3.8) is 0 Å². The predicted octanol–water partition coefficient (Wildman–Crippen LogP) is 5.84. The van der Waals surface area contributed by atoms with Crippen molar-refractivity contribution in [2.45, 2.75) is 0 Å². The summed E-state index contributed by atoms with van der Waals surface area (Å²) in [6.07, 6.45) is 0. The van der Waals surface area contributed by atoms with Gasteiger partial charge in [-0.3, -0.25) is 0 Å². The van der Waals surface area contributed by atoms with E-state index in [4.69, 9.17) is 9.47 Å². The van der Waals surface area contributed by atoms with Crippen LogP contribution in [0.5, 0.6) is 23.0 Å². The first-order valence-electron chi connectivity index (χ1n) is 10.4. The summed E-state index contributed by atoms with van der Waals surface area (Å²) in [7, 11) is 0. The number of hydrogen-bond acceptors (Lipinski definition) is 6. The average molecular weight is 450 g/mol. The molecule has 0 aromatic heterocycles. The molecule has 2 N–H and O–H groups in total. The Morgan fingerprint density at radius 2 is 0.853 bits per heavy atom. The number of ether oxygens (including phenoxy) is 2. The molecular weight excluding hydrogens is 432 g/mol. The zero-order valence-electron chi connectivity index (χ0n) is 17.8. The predicted molar refractivity (Wildman–Crippen MR) is 128 cm³/mol. The molecule has 0 radical (unpaired) electrons. The lowest BCUT2D eigenvalue weighted by atomic mass is 10.1. The number of aromatic hydroxyl groups is 2. The summed E-state index contributed by atoms with van der Waals surface area (Å²) in [4.78, 5) is 25.1. The van der Waals surface area contributed by atoms with Crippen LogP contribution in [0.2, 0.25) is 0 Å². The summed E-state index contributed by atoms with van der Waals surface area (Å²) in [5.41, 5.74) is 0.544. The van der Waals surface area contributed by atoms with Gasteiger partial charge in [0.2, 0.25) is 0 Å². The Morgan fingerprint density at radius 3 is 1.26 bits per heavy atom. The Morgan fingerprint density at radius 1 is 0.471 bits per heavy atom. The second kappa shape index (κ2) is 8.60. The monoisotopic (exact) mass is 450 g/mol. The average Bonchev–Trinajstić information content (AvgIpc) is 2.83. The van der Waals surface area contributed by atoms with Crippen LogP contribution in [-0.2, 0) is 0 Å². The van der Waals surface area contributed by atoms with Gasteiger partial charge in [-0.25, -0.2) is 9.59 Å². The Hall–Kier alpha value is -4.84. The largest absolute Gasteiger partial charge is 0.508 e. The number of carbonyl (C=O) groups excluding carboxylic acids is 2. The summed E-state index contributed by atoms with van der Waals surface area (Å²) in [5.74, 6) is -0.217. The molecule has 0 aliphatic heterocycles. The van der Waals surface area contributed by atoms with Crippen molar-refractivity contribution in [2.24, 2.45) is 0 Å². The lowest BCUT2D eigenvalue weighted by Crippen LogP contribution is -2.11. The van der Waals surface area contributed by atoms with Crippen LogP contribution in [0.15, 0.2) is 97.1 Å². The Balaban J connectivity index is 1.28. The Labute approximate surface area is 194 Å². The molecule has 0 amide bonds. The van der Waals surface area contributed by atoms with E-state index in [9.17, 15) is 19.8 Å². The number of carbonyl (C=O) groups is 2. The number of benzene rings is 5. The van der Waals surface area contributed by atoms with Crippen LogP contribution in [0.3, 0.4) is 0 Å². The topological polar surface area (TPSA) is 93.1 Å². The molecule has 0 atom stereocenters. The first-order chi connectivity index (χ1) is 16.4. The van der Waals surface area contributed by atoms with E-state index in [2.05, 4.69) is 0 Å². The van der Waals surface area contributed by atoms with Crippen LogP contribution in [0.25, 0.3) is 21.5 Å². The van der Waals surface area contributed by atoms with E-state index >= 15 is 0 Å². The molecule has 0 aliphatic rings. The van der Waals surface area contributed by atoms with Crippen LogP contribution >= 0.6 is 0 Å². The molecule has 0 saturated heterocycles. The van der Waals surface area contributed by atoms with Crippen molar-refractivity contribution in [3.05, 3.63) is 108 Å². The quantitative estimate of drug-likeness (QED) is 0.264. The molecule has 34 heavy (non-hydrogen) atoms. The van der Waals surface area contributed by atoms with Crippen molar-refractivity contribution in [1.82, 2.24) is 0 Å². The molecule has 0 aliphatic carbocycles. The Kier molecular flexibility index (Phi) is 5.32. The van der Waals surface area contributed by atoms with Gasteiger partial charge in [0.25, 0.3) is 0 Å². The highest BCUT2D eigenvalue weighted by atomic mass is 16.5. The van der Waals surface area contributed by atoms with E-state index in [1.165, 1.54) is 24.3 Å². The smallest absolute Gasteiger partial charge is 0.343 e. The van der Waals surface area contributed by atoms with Gasteiger partial charge in [0.05, 0.1) is 11.1 Å². The van der Waals surface area contributed by atoms with Crippen molar-refractivity contribution in [2.75, 3.05) is 0 Å². The lowest BCUT2D eigenvalue weighted by molar-refractivity contribution is 0.0720. The number of hydrogen-bond donors (Lipinski definition) is 2. The zero-order valence-corrected chi connectivity index (χ0v) is 17.8. The number of phenolic OH excluding ortho intramolecular Hbond substituents is 2. The van der Waals surface area contributed by atoms with Crippen LogP contribution < -0.4 is 9.47 Å². The van der Waals surface area contributed by atoms with Gasteiger partial charge in [-0.2, -0.15) is 0 Å². The van der Waals surface area contributed by atoms with Gasteiger partial charge >= 0.3 is 11.9 Å². The maximum absolute atomic E-state index is 12.5. The summed E-state index contributed by atoms with van der Waals surface area (Å²) < 4.78 is 10.9. The fraction of sp³-hybridized carbons (Fsp3) is 0. The first kappa shape index (κ1) is 21.0. The minimum absolute atomic E-state index is 0.125. The highest BCUT2D eigenvalue weighted by molar-refractivity contribution is 5.96. The molecule has 6 heteroatoms. The highest BCUT2D eigenvalue weighted by Crippen LogP contribution is 2.26. The van der Waals surface area contributed by atoms with E-state index in [0.717, 1.165) is 21.5 Å². The summed E-state index contributed by atoms with van der Waals surface area (Å²) in [6.45, 7) is 0. The minimum Gasteiger partial charge on any atom is -0.508 e. The van der Waals surface area contributed by atoms with Gasteiger partial charge < -0.3 is 19.7 Å². The highest BCUT2D eigenvalue weighted by Gasteiger charge is 2.13. The summed E-state index contributed by atoms with van der Waals surface area (Å²) in [6, 6.07) is 26.1. The van der Waals surface area contributed by atoms with Gasteiger partial charge in [-0.15, -0.1) is 0 Å². The van der Waals surface area contributed by atoms with E-state index in [-0.39, 0.29) is 22.6 Å². The van der Waals surface area contributed by atoms with Gasteiger partial charge in [0.15, 0.2) is 0 Å². The molecule has 0 heterocycles. The molecule has 0 bridgehead atoms. The molecule has 166 valence electrons. The van der Waals surface area contributed by atoms with Gasteiger partial charge in [0, 0.05) is 0 Å². The zero-order chi connectivity index (χ0) is 23.7. The maximum atomic E-state index is 12.5. The lowest BCUT2D eigenvalue weighted by Gasteiger charge is -2.08. The number of rotatable bonds is 4. The molecular formula is C28H18O6. The molecule has 5 rings (SSSR count). The van der Waals surface area contributed by atoms with Crippen molar-refractivity contribution in [3.8, 4) is 23.0 Å². The second-order valence-corrected chi connectivity index (χ2v) is 7.74. The number of phenols is 2. The van der Waals surface area contributed by atoms with Gasteiger partial charge in [0.1, 0.15) is 23.0 Å². The van der Waals surface area contributed by atoms with Crippen LogP contribution in [-0.4, -0.2) is 22.2 Å². The van der Waals surface area contributed by atoms with E-state index in [1.807, 2.05) is 0 Å². The number of fused-ring (bicyclic) bond motifs is 2. The standard InChI is InChI=1S/C28H18O6/c29-23-9-5-17-7-11-25(15-21(17)13-23)33-27(31)19-1-2-20(4-3-19)28(32)34-26-12-8-18-6-10-24(30)14-22(18)16-26/h1-16,29-30H. The van der Waals surface area contributed by atoms with E-state index < -0.39 is 11.9 Å². The first-order valence-corrected chi connectivity index (χ1v) is 10.4. The molecule has 0 fully saturated rings. The normalized spacial score (nSPS) is 10.8. The van der Waals surface area contributed by atoms with E-state index in [1.54, 1.807) is 72.8 Å². The van der Waals surface area contributed by atoms with Crippen LogP contribution in [0.1, 0.15) is 20.7 Å². The molecule has 0 unspecified atom stereocenters. The molecule has 0 spiro atoms. The van der Waals surface area contributed by atoms with Gasteiger partial charge in [-0.1, -0.05) is 24.3 Å². The summed E-state index contributed by atoms with van der Waals surface area (Å²) in [5, 5.41) is 22.6. The van der Waals surface area contributed by atoms with E-state index in [0.29, 0.717) is 11.5 Å². The SMILES string of the molecule is O=C(Oc1ccc2ccc(O)cc2c1)c1ccc(C(=O)Oc2ccc3ccc(O)cc3c2)cc1. The summed E-state index contributed by atoms with van der Waals surface area (Å²) >= 11 is 0.